The Bertz CT molecular complexity index is 773. The summed E-state index contributed by atoms with van der Waals surface area (Å²) in [6, 6.07) is 16.4. The Labute approximate surface area is 124 Å². The van der Waals surface area contributed by atoms with E-state index in [1.54, 1.807) is 0 Å². The molecule has 0 saturated heterocycles. The van der Waals surface area contributed by atoms with Crippen LogP contribution in [-0.2, 0) is 6.54 Å². The molecule has 3 heteroatoms. The number of pyridine rings is 2. The summed E-state index contributed by atoms with van der Waals surface area (Å²) in [7, 11) is 0. The van der Waals surface area contributed by atoms with E-state index in [9.17, 15) is 0 Å². The molecule has 0 saturated carbocycles. The molecular formula is C18H18N3+. The van der Waals surface area contributed by atoms with Crippen molar-refractivity contribution in [3.8, 4) is 0 Å². The maximum absolute atomic E-state index is 5.66. The summed E-state index contributed by atoms with van der Waals surface area (Å²) >= 11 is 0. The topological polar surface area (TPSA) is 42.8 Å². The number of aromatic nitrogens is 2. The van der Waals surface area contributed by atoms with Crippen LogP contribution in [0.3, 0.4) is 0 Å². The Hall–Kier alpha value is -2.52. The summed E-state index contributed by atoms with van der Waals surface area (Å²) in [5, 5.41) is 1.16. The third-order valence-corrected chi connectivity index (χ3v) is 3.46. The van der Waals surface area contributed by atoms with Crippen molar-refractivity contribution >= 4 is 23.1 Å². The molecule has 0 aliphatic rings. The highest BCUT2D eigenvalue weighted by Gasteiger charge is 2.05. The van der Waals surface area contributed by atoms with Crippen molar-refractivity contribution in [2.24, 2.45) is 5.73 Å². The van der Waals surface area contributed by atoms with Crippen molar-refractivity contribution in [3.05, 3.63) is 72.2 Å². The molecule has 0 unspecified atom stereocenters. The van der Waals surface area contributed by atoms with Crippen molar-refractivity contribution in [1.82, 2.24) is 4.98 Å². The van der Waals surface area contributed by atoms with Gasteiger partial charge in [-0.25, -0.2) is 0 Å². The monoisotopic (exact) mass is 276 g/mol. The van der Waals surface area contributed by atoms with E-state index in [0.717, 1.165) is 23.1 Å². The number of hydrogen-bond donors (Lipinski definition) is 1. The maximum Gasteiger partial charge on any atom is 0.205 e. The normalized spacial score (nSPS) is 11.3. The van der Waals surface area contributed by atoms with Crippen molar-refractivity contribution in [3.63, 3.8) is 0 Å². The molecule has 0 aliphatic carbocycles. The van der Waals surface area contributed by atoms with Crippen LogP contribution in [0.5, 0.6) is 0 Å². The Morgan fingerprint density at radius 3 is 2.76 bits per heavy atom. The van der Waals surface area contributed by atoms with Gasteiger partial charge in [0, 0.05) is 29.8 Å². The van der Waals surface area contributed by atoms with Crippen LogP contribution in [0.2, 0.25) is 0 Å². The third-order valence-electron chi connectivity index (χ3n) is 3.46. The summed E-state index contributed by atoms with van der Waals surface area (Å²) < 4.78 is 2.15. The fourth-order valence-corrected chi connectivity index (χ4v) is 2.42. The summed E-state index contributed by atoms with van der Waals surface area (Å²) in [4.78, 5) is 4.39. The van der Waals surface area contributed by atoms with Gasteiger partial charge in [0.1, 0.15) is 0 Å². The highest BCUT2D eigenvalue weighted by Crippen LogP contribution is 2.18. The Morgan fingerprint density at radius 2 is 1.86 bits per heavy atom. The van der Waals surface area contributed by atoms with Crippen LogP contribution in [0.4, 0.5) is 0 Å². The van der Waals surface area contributed by atoms with Crippen LogP contribution >= 0.6 is 0 Å². The number of hydrogen-bond acceptors (Lipinski definition) is 2. The van der Waals surface area contributed by atoms with Crippen LogP contribution < -0.4 is 10.3 Å². The van der Waals surface area contributed by atoms with Gasteiger partial charge in [-0.1, -0.05) is 18.2 Å². The first-order valence-corrected chi connectivity index (χ1v) is 7.09. The van der Waals surface area contributed by atoms with Gasteiger partial charge < -0.3 is 5.73 Å². The van der Waals surface area contributed by atoms with Crippen molar-refractivity contribution in [2.75, 3.05) is 6.54 Å². The van der Waals surface area contributed by atoms with E-state index in [1.165, 1.54) is 5.56 Å². The molecule has 3 aromatic rings. The minimum atomic E-state index is 0.633. The number of fused-ring (bicyclic) bond motifs is 1. The van der Waals surface area contributed by atoms with Gasteiger partial charge in [0.25, 0.3) is 0 Å². The lowest BCUT2D eigenvalue weighted by Crippen LogP contribution is -2.39. The molecule has 0 spiro atoms. The molecule has 2 heterocycles. The minimum absolute atomic E-state index is 0.633. The van der Waals surface area contributed by atoms with Gasteiger partial charge in [0.15, 0.2) is 12.7 Å². The largest absolute Gasteiger partial charge is 0.325 e. The molecule has 0 fully saturated rings. The average Bonchev–Trinajstić information content (AvgIpc) is 2.54. The summed E-state index contributed by atoms with van der Waals surface area (Å²) in [6.45, 7) is 1.45. The molecule has 3 rings (SSSR count). The van der Waals surface area contributed by atoms with Crippen LogP contribution in [0, 0.1) is 0 Å². The quantitative estimate of drug-likeness (QED) is 0.744. The predicted molar refractivity (Wildman–Crippen MR) is 86.4 cm³/mol. The lowest BCUT2D eigenvalue weighted by Gasteiger charge is -2.01. The van der Waals surface area contributed by atoms with Gasteiger partial charge in [-0.3, -0.25) is 4.98 Å². The molecule has 1 aromatic carbocycles. The molecule has 0 bridgehead atoms. The number of nitrogens with two attached hydrogens (primary N) is 1. The van der Waals surface area contributed by atoms with Gasteiger partial charge in [-0.2, -0.15) is 4.57 Å². The van der Waals surface area contributed by atoms with E-state index < -0.39 is 0 Å². The summed E-state index contributed by atoms with van der Waals surface area (Å²) in [5.74, 6) is 0. The smallest absolute Gasteiger partial charge is 0.205 e. The average molecular weight is 276 g/mol. The molecule has 0 atom stereocenters. The molecule has 0 radical (unpaired) electrons. The summed E-state index contributed by atoms with van der Waals surface area (Å²) in [6.07, 6.45) is 8.15. The van der Waals surface area contributed by atoms with Crippen molar-refractivity contribution < 1.29 is 4.57 Å². The summed E-state index contributed by atoms with van der Waals surface area (Å²) in [5.41, 5.74) is 8.99. The Kier molecular flexibility index (Phi) is 4.03. The first-order chi connectivity index (χ1) is 10.4. The van der Waals surface area contributed by atoms with Gasteiger partial charge in [-0.05, 0) is 29.8 Å². The maximum atomic E-state index is 5.66. The van der Waals surface area contributed by atoms with Gasteiger partial charge in [-0.15, -0.1) is 0 Å². The van der Waals surface area contributed by atoms with Crippen LogP contribution in [0.25, 0.3) is 23.1 Å². The molecular weight excluding hydrogens is 258 g/mol. The van der Waals surface area contributed by atoms with E-state index in [1.807, 2.05) is 42.6 Å². The second-order valence-electron chi connectivity index (χ2n) is 4.86. The highest BCUT2D eigenvalue weighted by molar-refractivity contribution is 5.89. The third kappa shape index (κ3) is 2.98. The molecule has 2 N–H and O–H groups in total. The second kappa shape index (κ2) is 6.29. The second-order valence-corrected chi connectivity index (χ2v) is 4.86. The Morgan fingerprint density at radius 1 is 1.00 bits per heavy atom. The lowest BCUT2D eigenvalue weighted by molar-refractivity contribution is -0.696. The van der Waals surface area contributed by atoms with Crippen molar-refractivity contribution in [2.45, 2.75) is 6.54 Å². The number of para-hydroxylation sites is 1. The Balaban J connectivity index is 1.99. The first-order valence-electron chi connectivity index (χ1n) is 7.09. The van der Waals surface area contributed by atoms with Crippen LogP contribution in [0.1, 0.15) is 11.3 Å². The van der Waals surface area contributed by atoms with E-state index in [-0.39, 0.29) is 0 Å². The SMILES string of the molecule is NCC[n+]1ccccc1/C=C/c1ccnc2ccccc12. The fraction of sp³-hybridized carbons (Fsp3) is 0.111. The number of nitrogens with zero attached hydrogens (tertiary/aromatic N) is 2. The molecule has 21 heavy (non-hydrogen) atoms. The van der Waals surface area contributed by atoms with Gasteiger partial charge in [0.05, 0.1) is 12.1 Å². The lowest BCUT2D eigenvalue weighted by atomic mass is 10.1. The van der Waals surface area contributed by atoms with E-state index in [2.05, 4.69) is 40.0 Å². The van der Waals surface area contributed by atoms with Gasteiger partial charge >= 0.3 is 0 Å². The minimum Gasteiger partial charge on any atom is -0.325 e. The first kappa shape index (κ1) is 13.5. The zero-order valence-corrected chi connectivity index (χ0v) is 11.8. The highest BCUT2D eigenvalue weighted by atomic mass is 15.0. The van der Waals surface area contributed by atoms with E-state index in [4.69, 9.17) is 5.73 Å². The van der Waals surface area contributed by atoms with E-state index >= 15 is 0 Å². The standard InChI is InChI=1S/C18H18N3/c19-11-14-21-13-4-3-5-16(21)9-8-15-10-12-20-18-7-2-1-6-17(15)18/h1-10,12-13H,11,14,19H2/q+1/b9-8+. The molecule has 0 amide bonds. The molecule has 104 valence electrons. The molecule has 2 aromatic heterocycles. The van der Waals surface area contributed by atoms with Crippen molar-refractivity contribution in [1.29, 1.82) is 0 Å². The molecule has 3 nitrogen and oxygen atoms in total. The van der Waals surface area contributed by atoms with Crippen LogP contribution in [0.15, 0.2) is 60.9 Å². The fourth-order valence-electron chi connectivity index (χ4n) is 2.42. The van der Waals surface area contributed by atoms with Gasteiger partial charge in [0.2, 0.25) is 5.69 Å². The molecule has 0 aliphatic heterocycles. The zero-order chi connectivity index (χ0) is 14.5. The number of rotatable bonds is 4. The van der Waals surface area contributed by atoms with Crippen LogP contribution in [-0.4, -0.2) is 11.5 Å². The zero-order valence-electron chi connectivity index (χ0n) is 11.8. The van der Waals surface area contributed by atoms with E-state index in [0.29, 0.717) is 6.54 Å². The number of benzene rings is 1. The predicted octanol–water partition coefficient (Wildman–Crippen LogP) is 2.65.